The average Bonchev–Trinajstić information content (AvgIpc) is 2.89. The lowest BCUT2D eigenvalue weighted by Crippen LogP contribution is -2.44. The minimum atomic E-state index is -0.354. The van der Waals surface area contributed by atoms with Gasteiger partial charge in [-0.2, -0.15) is 0 Å². The third-order valence-electron chi connectivity index (χ3n) is 4.29. The van der Waals surface area contributed by atoms with Crippen molar-refractivity contribution in [3.63, 3.8) is 0 Å². The Bertz CT molecular complexity index is 500. The van der Waals surface area contributed by atoms with Crippen LogP contribution >= 0.6 is 0 Å². The van der Waals surface area contributed by atoms with E-state index >= 15 is 0 Å². The molecule has 2 aliphatic heterocycles. The van der Waals surface area contributed by atoms with E-state index in [2.05, 4.69) is 0 Å². The smallest absolute Gasteiger partial charge is 0.165 e. The lowest BCUT2D eigenvalue weighted by molar-refractivity contribution is -0.112. The van der Waals surface area contributed by atoms with E-state index in [-0.39, 0.29) is 23.6 Å². The van der Waals surface area contributed by atoms with Gasteiger partial charge in [-0.1, -0.05) is 6.07 Å². The van der Waals surface area contributed by atoms with Gasteiger partial charge in [-0.05, 0) is 24.6 Å². The Morgan fingerprint density at radius 2 is 2.29 bits per heavy atom. The third kappa shape index (κ3) is 3.20. The van der Waals surface area contributed by atoms with Crippen molar-refractivity contribution in [1.29, 1.82) is 0 Å². The minimum Gasteiger partial charge on any atom is -0.487 e. The molecule has 5 heteroatoms. The summed E-state index contributed by atoms with van der Waals surface area (Å²) in [5, 5.41) is 0. The molecule has 116 valence electrons. The molecule has 1 aromatic carbocycles. The number of hydrogen-bond acceptors (Lipinski definition) is 4. The summed E-state index contributed by atoms with van der Waals surface area (Å²) < 4.78 is 31.2. The van der Waals surface area contributed by atoms with Crippen molar-refractivity contribution >= 4 is 0 Å². The van der Waals surface area contributed by atoms with Gasteiger partial charge in [0.25, 0.3) is 0 Å². The molecule has 3 atom stereocenters. The predicted molar refractivity (Wildman–Crippen MR) is 76.8 cm³/mol. The second kappa shape index (κ2) is 5.91. The van der Waals surface area contributed by atoms with E-state index in [1.807, 2.05) is 13.0 Å². The van der Waals surface area contributed by atoms with Crippen molar-refractivity contribution < 1.29 is 18.6 Å². The number of benzene rings is 1. The van der Waals surface area contributed by atoms with E-state index in [1.165, 1.54) is 6.07 Å². The Labute approximate surface area is 124 Å². The van der Waals surface area contributed by atoms with E-state index in [4.69, 9.17) is 19.9 Å². The molecule has 0 aromatic heterocycles. The predicted octanol–water partition coefficient (Wildman–Crippen LogP) is 2.56. The molecule has 0 amide bonds. The molecule has 2 N–H and O–H groups in total. The Balaban J connectivity index is 1.68. The summed E-state index contributed by atoms with van der Waals surface area (Å²) in [5.74, 6) is -0.0617. The summed E-state index contributed by atoms with van der Waals surface area (Å²) in [6, 6.07) is 4.75. The first-order valence-electron chi connectivity index (χ1n) is 7.51. The lowest BCUT2D eigenvalue weighted by atomic mass is 9.91. The fraction of sp³-hybridized carbons (Fsp3) is 0.625. The summed E-state index contributed by atoms with van der Waals surface area (Å²) in [6.07, 6.45) is 2.38. The maximum absolute atomic E-state index is 14.1. The molecule has 3 rings (SSSR count). The van der Waals surface area contributed by atoms with Crippen molar-refractivity contribution in [2.24, 2.45) is 5.73 Å². The van der Waals surface area contributed by atoms with Crippen LogP contribution in [-0.4, -0.2) is 31.5 Å². The minimum absolute atomic E-state index is 0.0314. The largest absolute Gasteiger partial charge is 0.487 e. The Hall–Kier alpha value is -1.17. The van der Waals surface area contributed by atoms with Crippen molar-refractivity contribution in [2.45, 2.75) is 43.9 Å². The van der Waals surface area contributed by atoms with Crippen LogP contribution in [0.2, 0.25) is 0 Å². The zero-order chi connectivity index (χ0) is 14.9. The van der Waals surface area contributed by atoms with Crippen LogP contribution in [0.15, 0.2) is 18.2 Å². The lowest BCUT2D eigenvalue weighted by Gasteiger charge is -2.37. The number of ether oxygens (including phenoxy) is 3. The molecule has 2 fully saturated rings. The van der Waals surface area contributed by atoms with Gasteiger partial charge in [0.1, 0.15) is 6.10 Å². The maximum atomic E-state index is 14.1. The highest BCUT2D eigenvalue weighted by molar-refractivity contribution is 5.31. The highest BCUT2D eigenvalue weighted by Crippen LogP contribution is 2.35. The number of hydrogen-bond donors (Lipinski definition) is 1. The van der Waals surface area contributed by atoms with E-state index in [0.717, 1.165) is 31.4 Å². The van der Waals surface area contributed by atoms with Crippen LogP contribution in [0.4, 0.5) is 4.39 Å². The van der Waals surface area contributed by atoms with E-state index < -0.39 is 0 Å². The number of nitrogens with two attached hydrogens (primary N) is 1. The molecule has 1 aromatic rings. The quantitative estimate of drug-likeness (QED) is 0.931. The van der Waals surface area contributed by atoms with Gasteiger partial charge >= 0.3 is 0 Å². The highest BCUT2D eigenvalue weighted by atomic mass is 19.1. The fourth-order valence-electron chi connectivity index (χ4n) is 3.02. The number of rotatable bonds is 3. The zero-order valence-corrected chi connectivity index (χ0v) is 12.3. The molecule has 2 saturated heterocycles. The summed E-state index contributed by atoms with van der Waals surface area (Å²) in [4.78, 5) is 0. The molecule has 0 aliphatic carbocycles. The van der Waals surface area contributed by atoms with E-state index in [0.29, 0.717) is 19.0 Å². The van der Waals surface area contributed by atoms with Crippen molar-refractivity contribution in [2.75, 3.05) is 19.8 Å². The Morgan fingerprint density at radius 3 is 2.95 bits per heavy atom. The van der Waals surface area contributed by atoms with Gasteiger partial charge in [-0.15, -0.1) is 0 Å². The van der Waals surface area contributed by atoms with Crippen LogP contribution in [0.25, 0.3) is 0 Å². The van der Waals surface area contributed by atoms with Crippen LogP contribution in [0.5, 0.6) is 5.75 Å². The van der Waals surface area contributed by atoms with Crippen molar-refractivity contribution in [1.82, 2.24) is 0 Å². The highest BCUT2D eigenvalue weighted by Gasteiger charge is 2.41. The molecule has 4 nitrogen and oxygen atoms in total. The van der Waals surface area contributed by atoms with Gasteiger partial charge < -0.3 is 19.9 Å². The van der Waals surface area contributed by atoms with Gasteiger partial charge in [0.15, 0.2) is 11.6 Å². The molecule has 1 spiro atoms. The molecule has 2 aliphatic rings. The molecular weight excluding hydrogens is 273 g/mol. The molecule has 2 unspecified atom stereocenters. The van der Waals surface area contributed by atoms with Gasteiger partial charge in [-0.25, -0.2) is 4.39 Å². The summed E-state index contributed by atoms with van der Waals surface area (Å²) >= 11 is 0. The van der Waals surface area contributed by atoms with Gasteiger partial charge in [0, 0.05) is 31.9 Å². The summed E-state index contributed by atoms with van der Waals surface area (Å²) in [6.45, 7) is 3.80. The molecule has 0 radical (unpaired) electrons. The van der Waals surface area contributed by atoms with Crippen LogP contribution < -0.4 is 10.5 Å². The second-order valence-electron chi connectivity index (χ2n) is 6.05. The van der Waals surface area contributed by atoms with E-state index in [9.17, 15) is 4.39 Å². The van der Waals surface area contributed by atoms with Gasteiger partial charge in [0.05, 0.1) is 18.8 Å². The molecule has 0 saturated carbocycles. The van der Waals surface area contributed by atoms with Crippen LogP contribution in [0, 0.1) is 5.82 Å². The summed E-state index contributed by atoms with van der Waals surface area (Å²) in [5.41, 5.74) is 6.30. The maximum Gasteiger partial charge on any atom is 0.165 e. The van der Waals surface area contributed by atoms with Gasteiger partial charge in [0.2, 0.25) is 0 Å². The normalized spacial score (nSPS) is 30.5. The van der Waals surface area contributed by atoms with E-state index in [1.54, 1.807) is 6.07 Å². The molecular formula is C16H22FNO3. The first kappa shape index (κ1) is 14.8. The van der Waals surface area contributed by atoms with Crippen LogP contribution in [0.3, 0.4) is 0 Å². The first-order chi connectivity index (χ1) is 10.1. The monoisotopic (exact) mass is 295 g/mol. The fourth-order valence-corrected chi connectivity index (χ4v) is 3.02. The molecule has 0 bridgehead atoms. The van der Waals surface area contributed by atoms with Crippen LogP contribution in [0.1, 0.15) is 37.8 Å². The Morgan fingerprint density at radius 1 is 1.43 bits per heavy atom. The Kier molecular flexibility index (Phi) is 4.15. The van der Waals surface area contributed by atoms with Crippen LogP contribution in [-0.2, 0) is 9.47 Å². The van der Waals surface area contributed by atoms with Crippen molar-refractivity contribution in [3.8, 4) is 5.75 Å². The summed E-state index contributed by atoms with van der Waals surface area (Å²) in [7, 11) is 0. The average molecular weight is 295 g/mol. The zero-order valence-electron chi connectivity index (χ0n) is 12.3. The molecule has 2 heterocycles. The SMILES string of the molecule is C[C@H](N)c1ccc(OC2CCOC3(CCOC3)C2)c(F)c1. The second-order valence-corrected chi connectivity index (χ2v) is 6.05. The standard InChI is InChI=1S/C16H22FNO3/c1-11(18)12-2-3-15(14(17)8-12)21-13-4-6-20-16(9-13)5-7-19-10-16/h2-3,8,11,13H,4-7,9-10,18H2,1H3/t11-,13?,16?/m0/s1. The first-order valence-corrected chi connectivity index (χ1v) is 7.51. The topological polar surface area (TPSA) is 53.7 Å². The number of halogens is 1. The van der Waals surface area contributed by atoms with Gasteiger partial charge in [-0.3, -0.25) is 0 Å². The van der Waals surface area contributed by atoms with Crippen molar-refractivity contribution in [3.05, 3.63) is 29.6 Å². The third-order valence-corrected chi connectivity index (χ3v) is 4.29. The molecule has 21 heavy (non-hydrogen) atoms.